The van der Waals surface area contributed by atoms with Crippen LogP contribution in [-0.2, 0) is 119 Å². The Morgan fingerprint density at radius 1 is 0.573 bits per heavy atom. The van der Waals surface area contributed by atoms with Crippen molar-refractivity contribution in [3.63, 3.8) is 0 Å². The van der Waals surface area contributed by atoms with Crippen molar-refractivity contribution < 1.29 is 99.3 Å². The van der Waals surface area contributed by atoms with Crippen LogP contribution < -0.4 is 0 Å². The minimum Gasteiger partial charge on any atom is -0.408 e. The first-order valence-corrected chi connectivity index (χ1v) is 53.4. The maximum Gasteiger partial charge on any atom is 0.200 e. The molecule has 12 aliphatic rings. The van der Waals surface area contributed by atoms with Crippen molar-refractivity contribution >= 4 is 37.3 Å². The molecule has 38 atom stereocenters. The van der Waals surface area contributed by atoms with Gasteiger partial charge < -0.3 is 89.7 Å². The number of Topliss-reactive ketones (excluding diaryl/α,β-unsaturated/α-hetero) is 1. The molecule has 7 saturated heterocycles. The predicted molar refractivity (Wildman–Crippen MR) is 502 cm³/mol. The van der Waals surface area contributed by atoms with Gasteiger partial charge in [0.1, 0.15) is 48.3 Å². The summed E-state index contributed by atoms with van der Waals surface area (Å²) in [5, 5.41) is 4.45. The first-order chi connectivity index (χ1) is 62.4. The number of hydrogen-bond donors (Lipinski definition) is 0. The van der Waals surface area contributed by atoms with Crippen molar-refractivity contribution in [2.45, 2.75) is 395 Å². The van der Waals surface area contributed by atoms with Crippen molar-refractivity contribution in [2.24, 2.45) is 103 Å². The van der Waals surface area contributed by atoms with Crippen molar-refractivity contribution in [1.82, 2.24) is 0 Å². The van der Waals surface area contributed by atoms with Gasteiger partial charge in [-0.15, -0.1) is 0 Å². The van der Waals surface area contributed by atoms with Crippen LogP contribution in [0, 0.1) is 97.6 Å². The highest BCUT2D eigenvalue weighted by molar-refractivity contribution is 8.14. The second-order valence-corrected chi connectivity index (χ2v) is 49.8. The molecule has 0 aromatic heterocycles. The van der Waals surface area contributed by atoms with Gasteiger partial charge in [0, 0.05) is 29.8 Å². The lowest BCUT2D eigenvalue weighted by Crippen LogP contribution is -2.68. The Hall–Kier alpha value is -4.43. The number of fused-ring (bicyclic) bond motifs is 8. The minimum absolute atomic E-state index is 0.0183. The molecule has 5 aliphatic carbocycles. The van der Waals surface area contributed by atoms with E-state index in [-0.39, 0.29) is 100 Å². The Morgan fingerprint density at radius 3 is 1.82 bits per heavy atom. The second kappa shape index (κ2) is 41.2. The molecule has 728 valence electrons. The molecule has 26 heteroatoms. The number of rotatable bonds is 32. The van der Waals surface area contributed by atoms with Crippen LogP contribution in [0.25, 0.3) is 10.4 Å². The molecule has 131 heavy (non-hydrogen) atoms. The van der Waals surface area contributed by atoms with Gasteiger partial charge in [0.15, 0.2) is 51.3 Å². The van der Waals surface area contributed by atoms with Crippen molar-refractivity contribution in [3.8, 4) is 0 Å². The zero-order valence-electron chi connectivity index (χ0n) is 82.6. The zero-order valence-corrected chi connectivity index (χ0v) is 84.4. The molecule has 0 radical (unpaired) electrons. The molecule has 0 amide bonds. The Kier molecular flexibility index (Phi) is 31.7. The summed E-state index contributed by atoms with van der Waals surface area (Å²) in [5.74, 6) is -2.04. The number of nitrogens with zero attached hydrogens (tertiary/aromatic N) is 3. The Bertz CT molecular complexity index is 4390. The lowest BCUT2D eigenvalue weighted by atomic mass is 9.33. The Morgan fingerprint density at radius 2 is 1.18 bits per heavy atom. The summed E-state index contributed by atoms with van der Waals surface area (Å²) in [4.78, 5) is 50.0. The lowest BCUT2D eigenvalue weighted by molar-refractivity contribution is -0.376. The first-order valence-electron chi connectivity index (χ1n) is 50.0. The molecular weight excluding hydrogens is 1700 g/mol. The number of thioether (sulfide) groups is 1. The average molecular weight is 1860 g/mol. The molecule has 11 fully saturated rings. The number of benzene rings is 3. The van der Waals surface area contributed by atoms with Crippen molar-refractivity contribution in [2.75, 3.05) is 26.9 Å². The summed E-state index contributed by atoms with van der Waals surface area (Å²) in [7, 11) is -0.479. The van der Waals surface area contributed by atoms with Crippen molar-refractivity contribution in [1.29, 1.82) is 0 Å². The smallest absolute Gasteiger partial charge is 0.200 e. The molecule has 17 unspecified atom stereocenters. The molecule has 7 aliphatic heterocycles. The van der Waals surface area contributed by atoms with E-state index in [1.807, 2.05) is 113 Å². The lowest BCUT2D eigenvalue weighted by Gasteiger charge is -2.72. The van der Waals surface area contributed by atoms with Crippen LogP contribution in [0.2, 0.25) is 18.1 Å². The highest BCUT2D eigenvalue weighted by Gasteiger charge is 2.73. The highest BCUT2D eigenvalue weighted by Crippen LogP contribution is 2.77. The third kappa shape index (κ3) is 19.6. The molecule has 3 aromatic carbocycles. The quantitative estimate of drug-likeness (QED) is 0.0107. The number of hydrogen-bond acceptors (Lipinski definition) is 23. The number of carbonyl (C=O) groups excluding carboxylic acids is 3. The molecule has 4 saturated carbocycles. The van der Waals surface area contributed by atoms with Gasteiger partial charge in [-0.2, -0.15) is 0 Å². The SMILES string of the molecule is CCC1O[C@@H](OC2[C@H](O[C@H]3CCC4(C)C5CC=C6C7CC(C)(C)CC[C@]7(C(=O)S[C@@H]7OC(COCc8ccccc8)[C@H](N=[N+]=[N-])C(C)C7O[C@@H]7OC(C)[C@H](O[C@@H]8OC[C@@H](OCc9ccccc9)C(OCc9ccccc9)C8C)C8OC(C)(C)OC87)C(OC)C[C@@]6(C)[C@@]5(C)CC[C@H]4[C@@]3(C)C=O)OC(C(C)=O)[C@@H](C)[C@@H]2O[C@@H]2OC[C@@H](C)[C@@H](C)C2C)C(O[Si](CC)(CC)CC)[C@@H](C)[C@@H]1C. The third-order valence-corrected chi connectivity index (χ3v) is 41.4. The van der Waals surface area contributed by atoms with Gasteiger partial charge in [-0.3, -0.25) is 9.59 Å². The van der Waals surface area contributed by atoms with E-state index in [0.29, 0.717) is 45.0 Å². The average Bonchev–Trinajstić information content (AvgIpc) is 0.772. The van der Waals surface area contributed by atoms with Gasteiger partial charge in [-0.25, -0.2) is 0 Å². The topological polar surface area (TPSA) is 266 Å². The number of aldehydes is 1. The highest BCUT2D eigenvalue weighted by atomic mass is 32.2. The van der Waals surface area contributed by atoms with Crippen LogP contribution in [0.5, 0.6) is 0 Å². The van der Waals surface area contributed by atoms with Crippen LogP contribution in [0.3, 0.4) is 0 Å². The van der Waals surface area contributed by atoms with Crippen LogP contribution >= 0.6 is 11.8 Å². The van der Waals surface area contributed by atoms with Crippen LogP contribution in [0.4, 0.5) is 0 Å². The third-order valence-electron chi connectivity index (χ3n) is 35.6. The second-order valence-electron chi connectivity index (χ2n) is 44.0. The maximum atomic E-state index is 17.2. The summed E-state index contributed by atoms with van der Waals surface area (Å²) in [5.41, 5.74) is 10.5. The Balaban J connectivity index is 0.718. The van der Waals surface area contributed by atoms with Gasteiger partial charge in [0.05, 0.1) is 111 Å². The van der Waals surface area contributed by atoms with E-state index in [1.165, 1.54) is 23.6 Å². The summed E-state index contributed by atoms with van der Waals surface area (Å²) < 4.78 is 128. The van der Waals surface area contributed by atoms with E-state index in [1.54, 1.807) is 14.0 Å². The molecule has 24 nitrogen and oxygen atoms in total. The van der Waals surface area contributed by atoms with E-state index in [9.17, 15) is 15.1 Å². The maximum absolute atomic E-state index is 17.2. The molecule has 15 rings (SSSR count). The minimum atomic E-state index is -2.27. The van der Waals surface area contributed by atoms with E-state index in [0.717, 1.165) is 79.8 Å². The zero-order chi connectivity index (χ0) is 93.8. The van der Waals surface area contributed by atoms with Gasteiger partial charge in [-0.05, 0) is 201 Å². The van der Waals surface area contributed by atoms with Crippen LogP contribution in [0.15, 0.2) is 108 Å². The molecule has 0 spiro atoms. The van der Waals surface area contributed by atoms with Gasteiger partial charge in [-0.1, -0.05) is 244 Å². The van der Waals surface area contributed by atoms with E-state index in [2.05, 4.69) is 139 Å². The first kappa shape index (κ1) is 101. The largest absolute Gasteiger partial charge is 0.408 e. The van der Waals surface area contributed by atoms with Gasteiger partial charge in [0.2, 0.25) is 5.12 Å². The fourth-order valence-corrected chi connectivity index (χ4v) is 31.0. The summed E-state index contributed by atoms with van der Waals surface area (Å²) >= 11 is 1.17. The van der Waals surface area contributed by atoms with Gasteiger partial charge >= 0.3 is 0 Å². The number of carbonyl (C=O) groups is 3. The number of methoxy groups -OCH3 is 1. The fourth-order valence-electron chi connectivity index (χ4n) is 26.6. The molecule has 0 bridgehead atoms. The Labute approximate surface area is 786 Å². The van der Waals surface area contributed by atoms with Crippen LogP contribution in [0.1, 0.15) is 233 Å². The normalized spacial score (nSPS) is 44.3. The number of ketones is 1. The molecule has 0 N–H and O–H groups in total. The van der Waals surface area contributed by atoms with Crippen LogP contribution in [-0.4, -0.2) is 193 Å². The summed E-state index contributed by atoms with van der Waals surface area (Å²) in [6, 6.07) is 32.1. The predicted octanol–water partition coefficient (Wildman–Crippen LogP) is 20.5. The van der Waals surface area contributed by atoms with E-state index >= 15 is 4.79 Å². The summed E-state index contributed by atoms with van der Waals surface area (Å²) in [6.45, 7) is 49.6. The molecular formula is C105H157N3O21SSi. The number of allylic oxidation sites excluding steroid dienone is 2. The van der Waals surface area contributed by atoms with Crippen molar-refractivity contribution in [3.05, 3.63) is 130 Å². The van der Waals surface area contributed by atoms with Gasteiger partial charge in [0.25, 0.3) is 0 Å². The van der Waals surface area contributed by atoms with E-state index < -0.39 is 171 Å². The number of ether oxygens (including phenoxy) is 17. The standard InChI is InChI=1S/C105H157N3O21SSi/c1-24-75-62(7)63(8)86(129-131(25-2,26-3)27-4)94(119-75)126-90-85(123-92-64(9)61(6)60(5)53-116-92)66(11)83(68(13)110)122-95(90)121-80-46-47-101(19)78(102(80,20)59-109)45-48-103(21)79(101)44-43-73-74-51-99(15,16)49-50-105(74,81(112-23)52-104(73,103)22)98(111)130-97-87(65(10)82(107-108-106)76(120-97)57-113-54-70-37-31-28-32-38-70)124-96-91-89(127-100(17,18)128-91)88(69(14)118-96)125-93-67(12)84(115-56-72-41-35-30-36-42-72)77(58-117-93)114-55-71-39-33-29-34-40-71/h28-43,59-67,69,74-97H,24-27,44-58H2,1-23H3/t60-,61-,62+,63+,64?,65?,66-,67?,69?,74?,75?,76?,77-,78-,79?,80+,81?,82-,83?,84?,85+,86?,87?,88+,89?,90?,91?,92+,93+,94+,95-,96+,97+,101?,102-,103+,104-,105-/m1/s1. The molecule has 3 aromatic rings. The fraction of sp³-hybridized carbons (Fsp3) is 0.781. The summed E-state index contributed by atoms with van der Waals surface area (Å²) in [6.07, 6.45) is -3.55. The van der Waals surface area contributed by atoms with E-state index in [4.69, 9.17) is 85.0 Å². The number of azide groups is 1. The molecule has 7 heterocycles. The monoisotopic (exact) mass is 1860 g/mol.